The van der Waals surface area contributed by atoms with Gasteiger partial charge in [0.15, 0.2) is 0 Å². The summed E-state index contributed by atoms with van der Waals surface area (Å²) in [6.45, 7) is 3.74. The van der Waals surface area contributed by atoms with Crippen LogP contribution in [0.25, 0.3) is 12.2 Å². The highest BCUT2D eigenvalue weighted by molar-refractivity contribution is 7.10. The highest BCUT2D eigenvalue weighted by Crippen LogP contribution is 2.26. The van der Waals surface area contributed by atoms with E-state index < -0.39 is 5.97 Å². The van der Waals surface area contributed by atoms with Crippen LogP contribution in [0.1, 0.15) is 21.6 Å². The van der Waals surface area contributed by atoms with E-state index in [2.05, 4.69) is 18.2 Å². The number of carbonyl (C=O) groups is 1. The van der Waals surface area contributed by atoms with Crippen molar-refractivity contribution in [2.45, 2.75) is 13.8 Å². The standard InChI is InChI=1S/C16H17NO2S/c1-11-8-13(5-6-14-4-3-7-20-14)9-12(2)16(11)19-15(18)10-17/h3-9H,10,17H2,1-2H3/b6-5+. The lowest BCUT2D eigenvalue weighted by Crippen LogP contribution is -2.20. The number of ether oxygens (including phenoxy) is 1. The third-order valence-electron chi connectivity index (χ3n) is 2.85. The quantitative estimate of drug-likeness (QED) is 0.692. The molecule has 0 atom stereocenters. The van der Waals surface area contributed by atoms with E-state index in [4.69, 9.17) is 10.5 Å². The minimum atomic E-state index is -0.418. The molecule has 0 aliphatic heterocycles. The number of benzene rings is 1. The molecule has 1 aromatic heterocycles. The number of hydrogen-bond donors (Lipinski definition) is 1. The van der Waals surface area contributed by atoms with Gasteiger partial charge in [-0.2, -0.15) is 0 Å². The van der Waals surface area contributed by atoms with Crippen LogP contribution in [0.15, 0.2) is 29.6 Å². The summed E-state index contributed by atoms with van der Waals surface area (Å²) in [5.74, 6) is 0.187. The van der Waals surface area contributed by atoms with Crippen LogP contribution in [0, 0.1) is 13.8 Å². The SMILES string of the molecule is Cc1cc(/C=C/c2cccs2)cc(C)c1OC(=O)CN. The van der Waals surface area contributed by atoms with Gasteiger partial charge in [0.25, 0.3) is 0 Å². The first-order valence-corrected chi connectivity index (χ1v) is 7.21. The van der Waals surface area contributed by atoms with E-state index in [1.54, 1.807) is 11.3 Å². The van der Waals surface area contributed by atoms with Gasteiger partial charge in [-0.3, -0.25) is 4.79 Å². The molecule has 0 saturated heterocycles. The van der Waals surface area contributed by atoms with Crippen molar-refractivity contribution in [2.75, 3.05) is 6.54 Å². The van der Waals surface area contributed by atoms with Crippen molar-refractivity contribution in [3.8, 4) is 5.75 Å². The molecule has 0 radical (unpaired) electrons. The van der Waals surface area contributed by atoms with E-state index in [0.717, 1.165) is 16.7 Å². The van der Waals surface area contributed by atoms with Gasteiger partial charge < -0.3 is 10.5 Å². The molecule has 4 heteroatoms. The van der Waals surface area contributed by atoms with E-state index in [1.807, 2.05) is 37.4 Å². The first-order chi connectivity index (χ1) is 9.60. The first-order valence-electron chi connectivity index (χ1n) is 6.33. The van der Waals surface area contributed by atoms with Crippen LogP contribution in [-0.4, -0.2) is 12.5 Å². The third-order valence-corrected chi connectivity index (χ3v) is 3.69. The van der Waals surface area contributed by atoms with E-state index in [0.29, 0.717) is 5.75 Å². The summed E-state index contributed by atoms with van der Waals surface area (Å²) >= 11 is 1.70. The van der Waals surface area contributed by atoms with Crippen molar-refractivity contribution in [1.82, 2.24) is 0 Å². The molecule has 1 heterocycles. The Hall–Kier alpha value is -1.91. The smallest absolute Gasteiger partial charge is 0.325 e. The first kappa shape index (κ1) is 14.5. The molecule has 3 nitrogen and oxygen atoms in total. The maximum Gasteiger partial charge on any atom is 0.325 e. The second-order valence-corrected chi connectivity index (χ2v) is 5.49. The van der Waals surface area contributed by atoms with Gasteiger partial charge in [0.2, 0.25) is 0 Å². The molecule has 0 fully saturated rings. The van der Waals surface area contributed by atoms with E-state index in [-0.39, 0.29) is 6.54 Å². The van der Waals surface area contributed by atoms with Crippen LogP contribution in [0.2, 0.25) is 0 Å². The Morgan fingerprint density at radius 2 is 2.00 bits per heavy atom. The fourth-order valence-electron chi connectivity index (χ4n) is 1.96. The highest BCUT2D eigenvalue weighted by atomic mass is 32.1. The maximum absolute atomic E-state index is 11.3. The molecular weight excluding hydrogens is 270 g/mol. The zero-order chi connectivity index (χ0) is 14.5. The Morgan fingerprint density at radius 1 is 1.30 bits per heavy atom. The van der Waals surface area contributed by atoms with Gasteiger partial charge >= 0.3 is 5.97 Å². The van der Waals surface area contributed by atoms with Crippen molar-refractivity contribution >= 4 is 29.5 Å². The summed E-state index contributed by atoms with van der Waals surface area (Å²) in [5.41, 5.74) is 8.21. The second-order valence-electron chi connectivity index (χ2n) is 4.51. The molecule has 0 spiro atoms. The summed E-state index contributed by atoms with van der Waals surface area (Å²) in [5, 5.41) is 2.05. The Morgan fingerprint density at radius 3 is 2.55 bits per heavy atom. The summed E-state index contributed by atoms with van der Waals surface area (Å²) in [6, 6.07) is 8.08. The van der Waals surface area contributed by atoms with Gasteiger partial charge in [0, 0.05) is 4.88 Å². The summed E-state index contributed by atoms with van der Waals surface area (Å²) in [6.07, 6.45) is 4.13. The van der Waals surface area contributed by atoms with Gasteiger partial charge in [0.1, 0.15) is 5.75 Å². The normalized spacial score (nSPS) is 10.9. The van der Waals surface area contributed by atoms with E-state index in [1.165, 1.54) is 4.88 Å². The van der Waals surface area contributed by atoms with Crippen molar-refractivity contribution in [3.05, 3.63) is 51.2 Å². The van der Waals surface area contributed by atoms with E-state index >= 15 is 0 Å². The van der Waals surface area contributed by atoms with Crippen LogP contribution < -0.4 is 10.5 Å². The Balaban J connectivity index is 2.23. The minimum absolute atomic E-state index is 0.112. The predicted octanol–water partition coefficient (Wildman–Crippen LogP) is 3.40. The second kappa shape index (κ2) is 6.50. The molecule has 0 bridgehead atoms. The molecule has 0 amide bonds. The van der Waals surface area contributed by atoms with Crippen LogP contribution in [-0.2, 0) is 4.79 Å². The molecule has 1 aromatic carbocycles. The van der Waals surface area contributed by atoms with Gasteiger partial charge in [-0.05, 0) is 60.2 Å². The highest BCUT2D eigenvalue weighted by Gasteiger charge is 2.09. The number of aryl methyl sites for hydroxylation is 2. The molecule has 0 aliphatic carbocycles. The number of esters is 1. The molecule has 0 unspecified atom stereocenters. The predicted molar refractivity (Wildman–Crippen MR) is 83.9 cm³/mol. The molecule has 0 saturated carbocycles. The topological polar surface area (TPSA) is 52.3 Å². The van der Waals surface area contributed by atoms with Gasteiger partial charge in [0.05, 0.1) is 6.54 Å². The average molecular weight is 287 g/mol. The molecule has 20 heavy (non-hydrogen) atoms. The molecule has 2 rings (SSSR count). The number of hydrogen-bond acceptors (Lipinski definition) is 4. The van der Waals surface area contributed by atoms with Crippen molar-refractivity contribution in [2.24, 2.45) is 5.73 Å². The van der Waals surface area contributed by atoms with Crippen LogP contribution in [0.3, 0.4) is 0 Å². The monoisotopic (exact) mass is 287 g/mol. The number of nitrogens with two attached hydrogens (primary N) is 1. The lowest BCUT2D eigenvalue weighted by Gasteiger charge is -2.11. The molecular formula is C16H17NO2S. The summed E-state index contributed by atoms with van der Waals surface area (Å²) in [4.78, 5) is 12.5. The van der Waals surface area contributed by atoms with Crippen LogP contribution >= 0.6 is 11.3 Å². The number of rotatable bonds is 4. The van der Waals surface area contributed by atoms with Crippen LogP contribution in [0.4, 0.5) is 0 Å². The van der Waals surface area contributed by atoms with Crippen molar-refractivity contribution in [3.63, 3.8) is 0 Å². The molecule has 2 aromatic rings. The van der Waals surface area contributed by atoms with E-state index in [9.17, 15) is 4.79 Å². The van der Waals surface area contributed by atoms with Gasteiger partial charge in [-0.25, -0.2) is 0 Å². The Bertz CT molecular complexity index is 607. The Kier molecular flexibility index (Phi) is 4.71. The lowest BCUT2D eigenvalue weighted by atomic mass is 10.1. The molecule has 0 aliphatic rings. The minimum Gasteiger partial charge on any atom is -0.425 e. The lowest BCUT2D eigenvalue weighted by molar-refractivity contribution is -0.132. The zero-order valence-electron chi connectivity index (χ0n) is 11.6. The number of carbonyl (C=O) groups excluding carboxylic acids is 1. The summed E-state index contributed by atoms with van der Waals surface area (Å²) in [7, 11) is 0. The van der Waals surface area contributed by atoms with Gasteiger partial charge in [-0.1, -0.05) is 12.1 Å². The Labute approximate surface area is 122 Å². The average Bonchev–Trinajstić information content (AvgIpc) is 2.93. The van der Waals surface area contributed by atoms with Crippen LogP contribution in [0.5, 0.6) is 5.75 Å². The zero-order valence-corrected chi connectivity index (χ0v) is 12.4. The molecule has 104 valence electrons. The number of thiophene rings is 1. The fraction of sp³-hybridized carbons (Fsp3) is 0.188. The van der Waals surface area contributed by atoms with Crippen molar-refractivity contribution in [1.29, 1.82) is 0 Å². The maximum atomic E-state index is 11.3. The summed E-state index contributed by atoms with van der Waals surface area (Å²) < 4.78 is 5.24. The largest absolute Gasteiger partial charge is 0.425 e. The van der Waals surface area contributed by atoms with Crippen molar-refractivity contribution < 1.29 is 9.53 Å². The third kappa shape index (κ3) is 3.56. The molecule has 2 N–H and O–H groups in total. The van der Waals surface area contributed by atoms with Gasteiger partial charge in [-0.15, -0.1) is 11.3 Å². The fourth-order valence-corrected chi connectivity index (χ4v) is 2.58.